The van der Waals surface area contributed by atoms with Gasteiger partial charge >= 0.3 is 0 Å². The van der Waals surface area contributed by atoms with Crippen molar-refractivity contribution in [2.75, 3.05) is 0 Å². The molecular weight excluding hydrogens is 623 g/mol. The Hall–Kier alpha value is -6.65. The molecule has 4 nitrogen and oxygen atoms in total. The average molecular weight is 654 g/mol. The van der Waals surface area contributed by atoms with Crippen molar-refractivity contribution >= 4 is 43.5 Å². The number of fused-ring (bicyclic) bond motifs is 6. The van der Waals surface area contributed by atoms with E-state index in [1.54, 1.807) is 0 Å². The van der Waals surface area contributed by atoms with Gasteiger partial charge in [0.25, 0.3) is 0 Å². The molecule has 2 aromatic heterocycles. The van der Waals surface area contributed by atoms with Gasteiger partial charge in [-0.1, -0.05) is 146 Å². The largest absolute Gasteiger partial charge is 0.456 e. The van der Waals surface area contributed by atoms with Gasteiger partial charge in [-0.25, -0.2) is 15.0 Å². The van der Waals surface area contributed by atoms with E-state index in [9.17, 15) is 0 Å². The molecular formula is C47H31N3O. The van der Waals surface area contributed by atoms with Gasteiger partial charge in [0.2, 0.25) is 0 Å². The van der Waals surface area contributed by atoms with Crippen LogP contribution in [0, 0.1) is 0 Å². The monoisotopic (exact) mass is 653 g/mol. The number of benzene rings is 7. The number of hydrogen-bond donors (Lipinski definition) is 0. The summed E-state index contributed by atoms with van der Waals surface area (Å²) in [6, 6.07) is 51.0. The van der Waals surface area contributed by atoms with E-state index in [1.165, 1.54) is 27.1 Å². The molecule has 0 spiro atoms. The summed E-state index contributed by atoms with van der Waals surface area (Å²) in [6.07, 6.45) is 9.72. The van der Waals surface area contributed by atoms with Crippen molar-refractivity contribution in [3.05, 3.63) is 175 Å². The third-order valence-electron chi connectivity index (χ3n) is 10.1. The average Bonchev–Trinajstić information content (AvgIpc) is 3.60. The highest BCUT2D eigenvalue weighted by Gasteiger charge is 2.22. The van der Waals surface area contributed by atoms with Crippen LogP contribution in [0.1, 0.15) is 17.9 Å². The van der Waals surface area contributed by atoms with E-state index in [0.717, 1.165) is 56.2 Å². The van der Waals surface area contributed by atoms with E-state index in [1.807, 2.05) is 30.3 Å². The number of aromatic nitrogens is 3. The summed E-state index contributed by atoms with van der Waals surface area (Å²) < 4.78 is 6.45. The maximum absolute atomic E-state index is 6.45. The van der Waals surface area contributed by atoms with Gasteiger partial charge in [0.15, 0.2) is 17.5 Å². The Morgan fingerprint density at radius 2 is 1.16 bits per heavy atom. The normalized spacial score (nSPS) is 14.2. The van der Waals surface area contributed by atoms with Crippen LogP contribution in [-0.4, -0.2) is 15.0 Å². The first-order valence-electron chi connectivity index (χ1n) is 17.4. The molecule has 0 saturated heterocycles. The van der Waals surface area contributed by atoms with E-state index in [2.05, 4.69) is 140 Å². The summed E-state index contributed by atoms with van der Waals surface area (Å²) in [4.78, 5) is 15.6. The van der Waals surface area contributed by atoms with Crippen molar-refractivity contribution in [2.45, 2.75) is 12.3 Å². The second kappa shape index (κ2) is 12.0. The first-order valence-corrected chi connectivity index (χ1v) is 17.4. The van der Waals surface area contributed by atoms with E-state index >= 15 is 0 Å². The van der Waals surface area contributed by atoms with Crippen LogP contribution in [0.5, 0.6) is 0 Å². The summed E-state index contributed by atoms with van der Waals surface area (Å²) in [7, 11) is 0. The lowest BCUT2D eigenvalue weighted by atomic mass is 9.91. The van der Waals surface area contributed by atoms with Crippen LogP contribution in [0.2, 0.25) is 0 Å². The van der Waals surface area contributed by atoms with Crippen LogP contribution in [-0.2, 0) is 0 Å². The highest BCUT2D eigenvalue weighted by molar-refractivity contribution is 6.16. The Kier molecular flexibility index (Phi) is 6.91. The summed E-state index contributed by atoms with van der Waals surface area (Å²) >= 11 is 0. The number of hydrogen-bond acceptors (Lipinski definition) is 4. The predicted octanol–water partition coefficient (Wildman–Crippen LogP) is 12.3. The maximum Gasteiger partial charge on any atom is 0.165 e. The van der Waals surface area contributed by atoms with Crippen LogP contribution < -0.4 is 0 Å². The Morgan fingerprint density at radius 3 is 1.96 bits per heavy atom. The van der Waals surface area contributed by atoms with Crippen molar-refractivity contribution < 1.29 is 4.42 Å². The molecule has 2 heterocycles. The fraction of sp³-hybridized carbons (Fsp3) is 0.0426. The van der Waals surface area contributed by atoms with Gasteiger partial charge < -0.3 is 4.42 Å². The zero-order chi connectivity index (χ0) is 33.7. The second-order valence-corrected chi connectivity index (χ2v) is 13.1. The topological polar surface area (TPSA) is 51.8 Å². The van der Waals surface area contributed by atoms with Gasteiger partial charge in [0, 0.05) is 33.4 Å². The number of allylic oxidation sites excluding steroid dienone is 4. The van der Waals surface area contributed by atoms with E-state index in [-0.39, 0.29) is 0 Å². The molecule has 9 aromatic rings. The molecule has 0 amide bonds. The maximum atomic E-state index is 6.45. The molecule has 0 radical (unpaired) electrons. The molecule has 1 atom stereocenters. The third kappa shape index (κ3) is 5.12. The SMILES string of the molecule is C1=CCC(c2ccc(-c3nc(-c4ccccc4)nc(-c4c(-c5ccc6ccc7ccccc7c6c5)ccc5oc6ccccc6c45)n3)cc2)C=C1. The number of para-hydroxylation sites is 1. The molecule has 1 aliphatic carbocycles. The minimum absolute atomic E-state index is 0.367. The summed E-state index contributed by atoms with van der Waals surface area (Å²) in [5.41, 5.74) is 7.82. The molecule has 0 fully saturated rings. The third-order valence-corrected chi connectivity index (χ3v) is 10.1. The highest BCUT2D eigenvalue weighted by atomic mass is 16.3. The lowest BCUT2D eigenvalue weighted by molar-refractivity contribution is 0.669. The quantitative estimate of drug-likeness (QED) is 0.173. The van der Waals surface area contributed by atoms with Crippen LogP contribution in [0.4, 0.5) is 0 Å². The number of furan rings is 1. The highest BCUT2D eigenvalue weighted by Crippen LogP contribution is 2.43. The summed E-state index contributed by atoms with van der Waals surface area (Å²) in [5.74, 6) is 2.23. The zero-order valence-electron chi connectivity index (χ0n) is 27.7. The van der Waals surface area contributed by atoms with Gasteiger partial charge in [-0.15, -0.1) is 0 Å². The van der Waals surface area contributed by atoms with E-state index in [4.69, 9.17) is 19.4 Å². The fourth-order valence-electron chi connectivity index (χ4n) is 7.50. The molecule has 7 aromatic carbocycles. The summed E-state index contributed by atoms with van der Waals surface area (Å²) in [5, 5.41) is 6.87. The van der Waals surface area contributed by atoms with E-state index in [0.29, 0.717) is 23.4 Å². The van der Waals surface area contributed by atoms with Gasteiger partial charge in [0.05, 0.1) is 0 Å². The molecule has 0 N–H and O–H groups in total. The molecule has 4 heteroatoms. The van der Waals surface area contributed by atoms with E-state index < -0.39 is 0 Å². The second-order valence-electron chi connectivity index (χ2n) is 13.1. The van der Waals surface area contributed by atoms with Gasteiger partial charge in [-0.2, -0.15) is 0 Å². The van der Waals surface area contributed by atoms with Crippen LogP contribution >= 0.6 is 0 Å². The standard InChI is InChI=1S/C47H31N3O/c1-3-11-30(12-4-1)31-19-24-35(25-20-31)46-48-45(34-14-5-2-6-15-34)49-47(50-46)44-38(27-28-42-43(44)39-17-9-10-18-41(39)51-42)36-26-23-33-22-21-32-13-7-8-16-37(32)40(33)29-36/h1-11,13-30H,12H2. The van der Waals surface area contributed by atoms with Crippen molar-refractivity contribution in [1.82, 2.24) is 15.0 Å². The minimum Gasteiger partial charge on any atom is -0.456 e. The Labute approximate surface area is 295 Å². The molecule has 1 unspecified atom stereocenters. The zero-order valence-corrected chi connectivity index (χ0v) is 27.7. The summed E-state index contributed by atoms with van der Waals surface area (Å²) in [6.45, 7) is 0. The molecule has 51 heavy (non-hydrogen) atoms. The Morgan fingerprint density at radius 1 is 0.490 bits per heavy atom. The molecule has 0 aliphatic heterocycles. The smallest absolute Gasteiger partial charge is 0.165 e. The Balaban J connectivity index is 1.24. The lowest BCUT2D eigenvalue weighted by Gasteiger charge is -2.15. The fourth-order valence-corrected chi connectivity index (χ4v) is 7.50. The number of nitrogens with zero attached hydrogens (tertiary/aromatic N) is 3. The van der Waals surface area contributed by atoms with Crippen molar-refractivity contribution in [3.63, 3.8) is 0 Å². The Bertz CT molecular complexity index is 2830. The van der Waals surface area contributed by atoms with Crippen LogP contribution in [0.3, 0.4) is 0 Å². The molecule has 10 rings (SSSR count). The first kappa shape index (κ1) is 29.3. The first-order chi connectivity index (χ1) is 25.3. The molecule has 1 aliphatic rings. The van der Waals surface area contributed by atoms with Crippen molar-refractivity contribution in [1.29, 1.82) is 0 Å². The van der Waals surface area contributed by atoms with Crippen LogP contribution in [0.15, 0.2) is 174 Å². The van der Waals surface area contributed by atoms with Gasteiger partial charge in [-0.05, 0) is 68.9 Å². The molecule has 0 saturated carbocycles. The molecule has 0 bridgehead atoms. The van der Waals surface area contributed by atoms with Gasteiger partial charge in [-0.3, -0.25) is 0 Å². The predicted molar refractivity (Wildman–Crippen MR) is 209 cm³/mol. The lowest BCUT2D eigenvalue weighted by Crippen LogP contribution is -2.02. The van der Waals surface area contributed by atoms with Gasteiger partial charge in [0.1, 0.15) is 11.2 Å². The number of rotatable bonds is 5. The van der Waals surface area contributed by atoms with Crippen molar-refractivity contribution in [3.8, 4) is 45.3 Å². The van der Waals surface area contributed by atoms with Crippen LogP contribution in [0.25, 0.3) is 88.8 Å². The minimum atomic E-state index is 0.367. The van der Waals surface area contributed by atoms with Crippen molar-refractivity contribution in [2.24, 2.45) is 0 Å². The molecule has 240 valence electrons.